The van der Waals surface area contributed by atoms with Crippen molar-refractivity contribution in [2.45, 2.75) is 157 Å². The Morgan fingerprint density at radius 2 is 1.56 bits per heavy atom. The summed E-state index contributed by atoms with van der Waals surface area (Å²) < 4.78 is 10.8. The summed E-state index contributed by atoms with van der Waals surface area (Å²) in [6.07, 6.45) is 19.3. The van der Waals surface area contributed by atoms with Crippen molar-refractivity contribution in [3.63, 3.8) is 0 Å². The lowest BCUT2D eigenvalue weighted by Crippen LogP contribution is -2.64. The summed E-state index contributed by atoms with van der Waals surface area (Å²) in [5.74, 6) is -4.48. The second-order valence-corrected chi connectivity index (χ2v) is 20.0. The first kappa shape index (κ1) is 43.5. The van der Waals surface area contributed by atoms with E-state index in [0.29, 0.717) is 25.7 Å². The van der Waals surface area contributed by atoms with Gasteiger partial charge in [-0.2, -0.15) is 0 Å². The van der Waals surface area contributed by atoms with Crippen LogP contribution in [0.4, 0.5) is 0 Å². The number of aliphatic carboxylic acids is 2. The summed E-state index contributed by atoms with van der Waals surface area (Å²) in [6, 6.07) is 0. The van der Waals surface area contributed by atoms with Crippen molar-refractivity contribution in [3.8, 4) is 0 Å². The van der Waals surface area contributed by atoms with Crippen molar-refractivity contribution in [1.29, 1.82) is 0 Å². The molecule has 10 nitrogen and oxygen atoms in total. The van der Waals surface area contributed by atoms with Crippen molar-refractivity contribution in [3.05, 3.63) is 12.2 Å². The Hall–Kier alpha value is -3.04. The summed E-state index contributed by atoms with van der Waals surface area (Å²) in [4.78, 5) is 78.1. The van der Waals surface area contributed by atoms with E-state index in [4.69, 9.17) is 14.6 Å². The number of hydrogen-bond acceptors (Lipinski definition) is 8. The van der Waals surface area contributed by atoms with Crippen LogP contribution in [0.15, 0.2) is 12.2 Å². The molecule has 0 aromatic carbocycles. The highest BCUT2D eigenvalue weighted by Crippen LogP contribution is 2.71. The molecule has 0 spiro atoms. The molecule has 14 unspecified atom stereocenters. The number of carboxylic acids is 2. The molecule has 0 amide bonds. The van der Waals surface area contributed by atoms with Crippen LogP contribution in [0.1, 0.15) is 157 Å². The highest BCUT2D eigenvalue weighted by atomic mass is 16.6. The topological polar surface area (TPSA) is 161 Å². The largest absolute Gasteiger partial charge is 0.481 e. The third-order valence-corrected chi connectivity index (χ3v) is 16.7. The summed E-state index contributed by atoms with van der Waals surface area (Å²) >= 11 is 0. The average Bonchev–Trinajstić information content (AvgIpc) is 3.64. The van der Waals surface area contributed by atoms with Crippen LogP contribution in [0.25, 0.3) is 0 Å². The minimum absolute atomic E-state index is 0.0291. The fourth-order valence-corrected chi connectivity index (χ4v) is 14.3. The van der Waals surface area contributed by atoms with E-state index >= 15 is 0 Å². The Kier molecular flexibility index (Phi) is 13.8. The zero-order chi connectivity index (χ0) is 41.2. The van der Waals surface area contributed by atoms with E-state index in [1.165, 1.54) is 0 Å². The second kappa shape index (κ2) is 18.1. The number of cyclic esters (lactones) is 4. The van der Waals surface area contributed by atoms with Crippen LogP contribution in [-0.4, -0.2) is 46.0 Å². The van der Waals surface area contributed by atoms with Gasteiger partial charge in [0.25, 0.3) is 0 Å². The van der Waals surface area contributed by atoms with Crippen molar-refractivity contribution in [2.24, 2.45) is 87.8 Å². The Morgan fingerprint density at radius 3 is 2.23 bits per heavy atom. The molecule has 4 saturated carbocycles. The van der Waals surface area contributed by atoms with Gasteiger partial charge >= 0.3 is 35.8 Å². The van der Waals surface area contributed by atoms with E-state index in [2.05, 4.69) is 39.8 Å². The number of carboxylic acid groups (broad SMARTS) is 2. The minimum Gasteiger partial charge on any atom is -0.481 e. The van der Waals surface area contributed by atoms with Gasteiger partial charge in [-0.3, -0.25) is 28.8 Å². The molecule has 2 aliphatic heterocycles. The Bertz CT molecular complexity index is 1550. The van der Waals surface area contributed by atoms with Gasteiger partial charge in [-0.15, -0.1) is 0 Å². The van der Waals surface area contributed by atoms with Crippen LogP contribution >= 0.6 is 0 Å². The van der Waals surface area contributed by atoms with Gasteiger partial charge in [0, 0.05) is 6.42 Å². The van der Waals surface area contributed by atoms with E-state index in [0.717, 1.165) is 83.5 Å². The second-order valence-electron chi connectivity index (χ2n) is 20.0. The molecule has 57 heavy (non-hydrogen) atoms. The van der Waals surface area contributed by atoms with Gasteiger partial charge in [0.05, 0.1) is 29.6 Å². The first-order valence-electron chi connectivity index (χ1n) is 22.8. The molecule has 14 atom stereocenters. The van der Waals surface area contributed by atoms with Crippen LogP contribution < -0.4 is 0 Å². The normalized spacial score (nSPS) is 38.4. The van der Waals surface area contributed by atoms with E-state index in [9.17, 15) is 33.9 Å². The summed E-state index contributed by atoms with van der Waals surface area (Å²) in [5.41, 5.74) is -1.00. The monoisotopic (exact) mass is 794 g/mol. The van der Waals surface area contributed by atoms with E-state index in [1.54, 1.807) is 0 Å². The molecule has 0 radical (unpaired) electrons. The number of esters is 4. The lowest BCUT2D eigenvalue weighted by molar-refractivity contribution is -0.206. The van der Waals surface area contributed by atoms with Gasteiger partial charge in [-0.1, -0.05) is 84.8 Å². The fraction of sp³-hybridized carbons (Fsp3) is 0.830. The summed E-state index contributed by atoms with van der Waals surface area (Å²) in [6.45, 7) is 11.0. The van der Waals surface area contributed by atoms with Gasteiger partial charge in [0.2, 0.25) is 0 Å². The number of hydrogen-bond donors (Lipinski definition) is 2. The third-order valence-electron chi connectivity index (χ3n) is 16.7. The lowest BCUT2D eigenvalue weighted by atomic mass is 9.36. The Balaban J connectivity index is 1.40. The smallest absolute Gasteiger partial charge is 0.317 e. The molecule has 4 aliphatic carbocycles. The van der Waals surface area contributed by atoms with Gasteiger partial charge in [0.1, 0.15) is 0 Å². The van der Waals surface area contributed by atoms with Crippen molar-refractivity contribution < 1.29 is 48.5 Å². The molecule has 2 N–H and O–H groups in total. The first-order chi connectivity index (χ1) is 27.1. The molecular weight excluding hydrogens is 725 g/mol. The molecule has 6 fully saturated rings. The predicted octanol–water partition coefficient (Wildman–Crippen LogP) is 9.43. The van der Waals surface area contributed by atoms with Crippen molar-refractivity contribution in [2.75, 3.05) is 0 Å². The van der Waals surface area contributed by atoms with Crippen LogP contribution in [0.2, 0.25) is 0 Å². The van der Waals surface area contributed by atoms with Gasteiger partial charge < -0.3 is 19.7 Å². The third kappa shape index (κ3) is 8.53. The molecule has 6 rings (SSSR count). The van der Waals surface area contributed by atoms with Crippen molar-refractivity contribution in [1.82, 2.24) is 0 Å². The van der Waals surface area contributed by atoms with Gasteiger partial charge in [-0.25, -0.2) is 0 Å². The first-order valence-corrected chi connectivity index (χ1v) is 22.8. The number of unbranched alkanes of at least 4 members (excludes halogenated alkanes) is 7. The SMILES string of the molecule is CCCCC/C=C/C(CC(CCCCCCCC(=O)O)C1CC(=O)OC1=O)C1C2C(=O)OC(=O)C2C2CC3C(CCC4C(C)(C(=O)O)CCCC34C)C1C2C(C)C. The number of carbonyl (C=O) groups excluding carboxylic acids is 4. The standard InChI is InChI=1S/C47H70O10/c1-6-7-8-10-14-18-29(24-28(31-26-36(50)56-42(31)51)17-13-11-9-12-15-19-35(48)49)38-39-30-20-21-34-46(4,22-16-23-47(34,5)45(54)55)33(30)25-32(37(39)27(2)3)40-41(38)44(53)57-43(40)52/h14,18,27-34,37-41H,6-13,15-17,19-26H2,1-5H3,(H,48,49)(H,54,55)/b18-14+. The highest BCUT2D eigenvalue weighted by Gasteiger charge is 2.70. The predicted molar refractivity (Wildman–Crippen MR) is 213 cm³/mol. The zero-order valence-electron chi connectivity index (χ0n) is 35.3. The molecular formula is C47H70O10. The summed E-state index contributed by atoms with van der Waals surface area (Å²) in [5, 5.41) is 19.7. The van der Waals surface area contributed by atoms with E-state index < -0.39 is 59.0 Å². The van der Waals surface area contributed by atoms with Crippen LogP contribution in [0.5, 0.6) is 0 Å². The molecule has 10 heteroatoms. The molecule has 0 aromatic rings. The molecule has 2 heterocycles. The summed E-state index contributed by atoms with van der Waals surface area (Å²) in [7, 11) is 0. The van der Waals surface area contributed by atoms with Crippen LogP contribution in [0.3, 0.4) is 0 Å². The number of carbonyl (C=O) groups is 6. The molecule has 2 bridgehead atoms. The number of rotatable bonds is 19. The zero-order valence-corrected chi connectivity index (χ0v) is 35.3. The van der Waals surface area contributed by atoms with E-state index in [-0.39, 0.29) is 77.4 Å². The minimum atomic E-state index is -0.799. The Labute approximate surface area is 340 Å². The average molecular weight is 795 g/mol. The quantitative estimate of drug-likeness (QED) is 0.0558. The number of allylic oxidation sites excluding steroid dienone is 2. The van der Waals surface area contributed by atoms with Crippen molar-refractivity contribution >= 4 is 35.8 Å². The molecule has 318 valence electrons. The lowest BCUT2D eigenvalue weighted by Gasteiger charge is -2.67. The van der Waals surface area contributed by atoms with Crippen LogP contribution in [0, 0.1) is 87.8 Å². The van der Waals surface area contributed by atoms with Gasteiger partial charge in [-0.05, 0) is 136 Å². The highest BCUT2D eigenvalue weighted by molar-refractivity contribution is 5.97. The maximum absolute atomic E-state index is 14.2. The maximum atomic E-state index is 14.2. The van der Waals surface area contributed by atoms with Crippen LogP contribution in [-0.2, 0) is 38.2 Å². The Morgan fingerprint density at radius 1 is 0.842 bits per heavy atom. The fourth-order valence-electron chi connectivity index (χ4n) is 14.3. The molecule has 6 aliphatic rings. The maximum Gasteiger partial charge on any atom is 0.317 e. The van der Waals surface area contributed by atoms with E-state index in [1.807, 2.05) is 6.92 Å². The molecule has 2 saturated heterocycles. The number of fused-ring (bicyclic) bond motifs is 8. The molecule has 0 aromatic heterocycles. The number of ether oxygens (including phenoxy) is 2. The van der Waals surface area contributed by atoms with Gasteiger partial charge in [0.15, 0.2) is 0 Å².